The minimum atomic E-state index is 0.191. The van der Waals surface area contributed by atoms with Gasteiger partial charge in [-0.2, -0.15) is 5.10 Å². The molecule has 0 aliphatic carbocycles. The van der Waals surface area contributed by atoms with Crippen molar-refractivity contribution < 1.29 is 4.74 Å². The average molecular weight is 246 g/mol. The van der Waals surface area contributed by atoms with Gasteiger partial charge in [-0.15, -0.1) is 0 Å². The van der Waals surface area contributed by atoms with E-state index >= 15 is 0 Å². The lowest BCUT2D eigenvalue weighted by atomic mass is 10.3. The Morgan fingerprint density at radius 3 is 2.62 bits per heavy atom. The Labute approximate surface area is 102 Å². The van der Waals surface area contributed by atoms with Crippen molar-refractivity contribution in [2.75, 3.05) is 26.8 Å². The smallest absolute Gasteiger partial charge is 0.0880 e. The standard InChI is InChI=1S/C11H20ClN3O/c1-5-13-6-10(7-16-4)15-9(3)11(12)8(2)14-15/h10,13H,5-7H2,1-4H3. The Kier molecular flexibility index (Phi) is 5.25. The van der Waals surface area contributed by atoms with Crippen LogP contribution in [-0.4, -0.2) is 36.6 Å². The molecule has 1 aromatic rings. The van der Waals surface area contributed by atoms with Crippen LogP contribution >= 0.6 is 11.6 Å². The highest BCUT2D eigenvalue weighted by Gasteiger charge is 2.17. The van der Waals surface area contributed by atoms with Crippen LogP contribution in [0.5, 0.6) is 0 Å². The normalized spacial score (nSPS) is 13.1. The highest BCUT2D eigenvalue weighted by atomic mass is 35.5. The van der Waals surface area contributed by atoms with Crippen LogP contribution in [0, 0.1) is 13.8 Å². The van der Waals surface area contributed by atoms with Crippen LogP contribution in [0.15, 0.2) is 0 Å². The van der Waals surface area contributed by atoms with Crippen LogP contribution in [0.2, 0.25) is 5.02 Å². The molecule has 1 heterocycles. The molecule has 0 radical (unpaired) electrons. The molecule has 0 saturated carbocycles. The first kappa shape index (κ1) is 13.5. The van der Waals surface area contributed by atoms with Crippen LogP contribution in [0.3, 0.4) is 0 Å². The second kappa shape index (κ2) is 6.23. The summed E-state index contributed by atoms with van der Waals surface area (Å²) in [5, 5.41) is 8.50. The largest absolute Gasteiger partial charge is 0.382 e. The number of aryl methyl sites for hydroxylation is 1. The summed E-state index contributed by atoms with van der Waals surface area (Å²) in [7, 11) is 1.70. The molecular formula is C11H20ClN3O. The third-order valence-electron chi connectivity index (χ3n) is 2.57. The lowest BCUT2D eigenvalue weighted by Gasteiger charge is -2.18. The van der Waals surface area contributed by atoms with Gasteiger partial charge >= 0.3 is 0 Å². The maximum absolute atomic E-state index is 6.13. The molecule has 0 amide bonds. The van der Waals surface area contributed by atoms with Gasteiger partial charge in [0.25, 0.3) is 0 Å². The summed E-state index contributed by atoms with van der Waals surface area (Å²) >= 11 is 6.13. The van der Waals surface area contributed by atoms with Gasteiger partial charge in [-0.05, 0) is 20.4 Å². The summed E-state index contributed by atoms with van der Waals surface area (Å²) in [4.78, 5) is 0. The van der Waals surface area contributed by atoms with Gasteiger partial charge in [-0.25, -0.2) is 0 Å². The van der Waals surface area contributed by atoms with E-state index in [0.29, 0.717) is 6.61 Å². The molecule has 1 unspecified atom stereocenters. The molecule has 1 N–H and O–H groups in total. The summed E-state index contributed by atoms with van der Waals surface area (Å²) in [6.07, 6.45) is 0. The fourth-order valence-corrected chi connectivity index (χ4v) is 1.84. The molecule has 1 aromatic heterocycles. The molecule has 0 aliphatic rings. The van der Waals surface area contributed by atoms with E-state index < -0.39 is 0 Å². The number of hydrogen-bond acceptors (Lipinski definition) is 3. The van der Waals surface area contributed by atoms with Gasteiger partial charge in [0.15, 0.2) is 0 Å². The number of likely N-dealkylation sites (N-methyl/N-ethyl adjacent to an activating group) is 1. The Balaban J connectivity index is 2.87. The number of methoxy groups -OCH3 is 1. The quantitative estimate of drug-likeness (QED) is 0.833. The molecule has 0 aromatic carbocycles. The summed E-state index contributed by atoms with van der Waals surface area (Å²) in [6.45, 7) is 8.39. The lowest BCUT2D eigenvalue weighted by molar-refractivity contribution is 0.147. The van der Waals surface area contributed by atoms with Gasteiger partial charge in [0, 0.05) is 13.7 Å². The number of nitrogens with one attached hydrogen (secondary N) is 1. The molecule has 4 nitrogen and oxygen atoms in total. The number of nitrogens with zero attached hydrogens (tertiary/aromatic N) is 2. The van der Waals surface area contributed by atoms with Gasteiger partial charge in [0.1, 0.15) is 0 Å². The van der Waals surface area contributed by atoms with E-state index in [-0.39, 0.29) is 6.04 Å². The van der Waals surface area contributed by atoms with Crippen LogP contribution in [0.4, 0.5) is 0 Å². The highest BCUT2D eigenvalue weighted by Crippen LogP contribution is 2.22. The second-order valence-electron chi connectivity index (χ2n) is 3.85. The first-order valence-corrected chi connectivity index (χ1v) is 5.90. The van der Waals surface area contributed by atoms with Crippen LogP contribution in [0.1, 0.15) is 24.4 Å². The SMILES string of the molecule is CCNCC(COC)n1nc(C)c(Cl)c1C. The van der Waals surface area contributed by atoms with Crippen molar-refractivity contribution in [3.63, 3.8) is 0 Å². The van der Waals surface area contributed by atoms with Gasteiger partial charge in [0.2, 0.25) is 0 Å². The van der Waals surface area contributed by atoms with Gasteiger partial charge in [-0.1, -0.05) is 18.5 Å². The van der Waals surface area contributed by atoms with Crippen molar-refractivity contribution >= 4 is 11.6 Å². The van der Waals surface area contributed by atoms with Gasteiger partial charge in [-0.3, -0.25) is 4.68 Å². The van der Waals surface area contributed by atoms with Crippen molar-refractivity contribution in [2.45, 2.75) is 26.8 Å². The molecular weight excluding hydrogens is 226 g/mol. The van der Waals surface area contributed by atoms with Crippen LogP contribution < -0.4 is 5.32 Å². The fourth-order valence-electron chi connectivity index (χ4n) is 1.72. The van der Waals surface area contributed by atoms with E-state index in [1.165, 1.54) is 0 Å². The third kappa shape index (κ3) is 2.97. The van der Waals surface area contributed by atoms with Crippen molar-refractivity contribution in [2.24, 2.45) is 0 Å². The first-order chi connectivity index (χ1) is 7.61. The topological polar surface area (TPSA) is 39.1 Å². The van der Waals surface area contributed by atoms with Gasteiger partial charge < -0.3 is 10.1 Å². The maximum atomic E-state index is 6.13. The number of hydrogen-bond donors (Lipinski definition) is 1. The zero-order valence-corrected chi connectivity index (χ0v) is 11.1. The van der Waals surface area contributed by atoms with E-state index in [1.807, 2.05) is 18.5 Å². The number of aromatic nitrogens is 2. The second-order valence-corrected chi connectivity index (χ2v) is 4.22. The van der Waals surface area contributed by atoms with Gasteiger partial charge in [0.05, 0.1) is 29.1 Å². The number of ether oxygens (including phenoxy) is 1. The van der Waals surface area contributed by atoms with Crippen molar-refractivity contribution in [1.29, 1.82) is 0 Å². The number of halogens is 1. The highest BCUT2D eigenvalue weighted by molar-refractivity contribution is 6.31. The van der Waals surface area contributed by atoms with Crippen molar-refractivity contribution in [1.82, 2.24) is 15.1 Å². The minimum absolute atomic E-state index is 0.191. The molecule has 16 heavy (non-hydrogen) atoms. The zero-order valence-electron chi connectivity index (χ0n) is 10.4. The summed E-state index contributed by atoms with van der Waals surface area (Å²) in [6, 6.07) is 0.191. The fraction of sp³-hybridized carbons (Fsp3) is 0.727. The molecule has 5 heteroatoms. The monoisotopic (exact) mass is 245 g/mol. The van der Waals surface area contributed by atoms with Crippen LogP contribution in [-0.2, 0) is 4.74 Å². The molecule has 0 fully saturated rings. The van der Waals surface area contributed by atoms with E-state index in [9.17, 15) is 0 Å². The predicted octanol–water partition coefficient (Wildman–Crippen LogP) is 1.95. The van der Waals surface area contributed by atoms with Crippen molar-refractivity contribution in [3.05, 3.63) is 16.4 Å². The Bertz CT molecular complexity index is 338. The first-order valence-electron chi connectivity index (χ1n) is 5.52. The van der Waals surface area contributed by atoms with E-state index in [4.69, 9.17) is 16.3 Å². The summed E-state index contributed by atoms with van der Waals surface area (Å²) < 4.78 is 7.16. The maximum Gasteiger partial charge on any atom is 0.0880 e. The summed E-state index contributed by atoms with van der Waals surface area (Å²) in [5.74, 6) is 0. The Morgan fingerprint density at radius 2 is 2.19 bits per heavy atom. The molecule has 92 valence electrons. The Morgan fingerprint density at radius 1 is 1.50 bits per heavy atom. The van der Waals surface area contributed by atoms with Crippen molar-refractivity contribution in [3.8, 4) is 0 Å². The average Bonchev–Trinajstić information content (AvgIpc) is 2.52. The molecule has 0 bridgehead atoms. The minimum Gasteiger partial charge on any atom is -0.382 e. The van der Waals surface area contributed by atoms with E-state index in [2.05, 4.69) is 17.3 Å². The Hall–Kier alpha value is -0.580. The third-order valence-corrected chi connectivity index (χ3v) is 3.12. The van der Waals surface area contributed by atoms with E-state index in [1.54, 1.807) is 7.11 Å². The molecule has 1 atom stereocenters. The van der Waals surface area contributed by atoms with Crippen LogP contribution in [0.25, 0.3) is 0 Å². The molecule has 0 aliphatic heterocycles. The number of rotatable bonds is 6. The molecule has 0 saturated heterocycles. The molecule has 0 spiro atoms. The van der Waals surface area contributed by atoms with E-state index in [0.717, 1.165) is 29.5 Å². The zero-order chi connectivity index (χ0) is 12.1. The lowest BCUT2D eigenvalue weighted by Crippen LogP contribution is -2.29. The predicted molar refractivity (Wildman–Crippen MR) is 66.2 cm³/mol. The summed E-state index contributed by atoms with van der Waals surface area (Å²) in [5.41, 5.74) is 1.87. The molecule has 1 rings (SSSR count).